The molecule has 0 fully saturated rings. The van der Waals surface area contributed by atoms with E-state index in [0.29, 0.717) is 0 Å². The molecule has 8 aromatic rings. The third kappa shape index (κ3) is 3.18. The molecule has 192 valence electrons. The summed E-state index contributed by atoms with van der Waals surface area (Å²) < 4.78 is 11.3. The van der Waals surface area contributed by atoms with Gasteiger partial charge in [0.05, 0.1) is 16.6 Å². The molecule has 0 spiro atoms. The number of benzene rings is 5. The Morgan fingerprint density at radius 1 is 0.575 bits per heavy atom. The molecule has 0 N–H and O–H groups in total. The van der Waals surface area contributed by atoms with Crippen LogP contribution in [0, 0.1) is 0 Å². The maximum atomic E-state index is 6.58. The molecule has 0 aliphatic heterocycles. The second-order valence-electron chi connectivity index (χ2n) is 10.4. The van der Waals surface area contributed by atoms with Crippen LogP contribution in [0.15, 0.2) is 120 Å². The number of furan rings is 1. The van der Waals surface area contributed by atoms with E-state index >= 15 is 0 Å². The SMILES string of the molecule is C/C=C\c1c(CC)c2ccccc2n1-c1ccc2c(c1)oc1cc(-n3c4ccccc4c4ccccc43)ccc12. The number of para-hydroxylation sites is 3. The fourth-order valence-corrected chi connectivity index (χ4v) is 6.54. The van der Waals surface area contributed by atoms with E-state index in [9.17, 15) is 0 Å². The Morgan fingerprint density at radius 2 is 1.07 bits per heavy atom. The van der Waals surface area contributed by atoms with Crippen molar-refractivity contribution in [1.29, 1.82) is 0 Å². The summed E-state index contributed by atoms with van der Waals surface area (Å²) >= 11 is 0. The topological polar surface area (TPSA) is 23.0 Å². The first-order valence-electron chi connectivity index (χ1n) is 14.0. The number of hydrogen-bond acceptors (Lipinski definition) is 1. The second kappa shape index (κ2) is 8.75. The zero-order chi connectivity index (χ0) is 26.8. The van der Waals surface area contributed by atoms with Crippen molar-refractivity contribution in [3.05, 3.63) is 127 Å². The van der Waals surface area contributed by atoms with Crippen molar-refractivity contribution in [1.82, 2.24) is 9.13 Å². The molecule has 0 saturated carbocycles. The average Bonchev–Trinajstić information content (AvgIpc) is 3.63. The Labute approximate surface area is 232 Å². The van der Waals surface area contributed by atoms with Crippen LogP contribution in [0.4, 0.5) is 0 Å². The normalized spacial score (nSPS) is 12.2. The van der Waals surface area contributed by atoms with Crippen molar-refractivity contribution in [3.63, 3.8) is 0 Å². The molecular weight excluding hydrogens is 488 g/mol. The van der Waals surface area contributed by atoms with Gasteiger partial charge in [0.15, 0.2) is 0 Å². The van der Waals surface area contributed by atoms with Gasteiger partial charge in [-0.3, -0.25) is 0 Å². The monoisotopic (exact) mass is 516 g/mol. The van der Waals surface area contributed by atoms with Crippen LogP contribution in [0.25, 0.3) is 72.1 Å². The number of aromatic nitrogens is 2. The van der Waals surface area contributed by atoms with Crippen LogP contribution in [0.5, 0.6) is 0 Å². The Balaban J connectivity index is 1.34. The van der Waals surface area contributed by atoms with Gasteiger partial charge in [-0.15, -0.1) is 0 Å². The van der Waals surface area contributed by atoms with E-state index in [-0.39, 0.29) is 0 Å². The van der Waals surface area contributed by atoms with Gasteiger partial charge in [0.1, 0.15) is 11.2 Å². The number of fused-ring (bicyclic) bond motifs is 7. The molecule has 0 amide bonds. The molecule has 0 atom stereocenters. The fraction of sp³-hybridized carbons (Fsp3) is 0.0811. The van der Waals surface area contributed by atoms with Crippen LogP contribution < -0.4 is 0 Å². The van der Waals surface area contributed by atoms with Gasteiger partial charge in [0, 0.05) is 56.1 Å². The molecule has 3 nitrogen and oxygen atoms in total. The molecule has 8 rings (SSSR count). The largest absolute Gasteiger partial charge is 0.456 e. The van der Waals surface area contributed by atoms with Crippen LogP contribution in [0.1, 0.15) is 25.1 Å². The molecule has 0 unspecified atom stereocenters. The van der Waals surface area contributed by atoms with Gasteiger partial charge >= 0.3 is 0 Å². The first kappa shape index (κ1) is 22.9. The van der Waals surface area contributed by atoms with Crippen LogP contribution in [-0.2, 0) is 6.42 Å². The van der Waals surface area contributed by atoms with Gasteiger partial charge in [-0.25, -0.2) is 0 Å². The molecule has 0 aliphatic carbocycles. The van der Waals surface area contributed by atoms with E-state index in [4.69, 9.17) is 4.42 Å². The molecule has 40 heavy (non-hydrogen) atoms. The minimum atomic E-state index is 0.895. The zero-order valence-electron chi connectivity index (χ0n) is 22.6. The molecule has 0 bridgehead atoms. The van der Waals surface area contributed by atoms with Gasteiger partial charge in [-0.2, -0.15) is 0 Å². The standard InChI is InChI=1S/C37H28N2O/c1-3-11-32-26(4-2)27-12-5-8-15-33(27)38(32)24-18-20-30-31-21-19-25(23-37(31)40-36(30)22-24)39-34-16-9-6-13-28(34)29-14-7-10-17-35(29)39/h3,5-23H,4H2,1-2H3/b11-3-. The van der Waals surface area contributed by atoms with Gasteiger partial charge in [0.25, 0.3) is 0 Å². The smallest absolute Gasteiger partial charge is 0.137 e. The Kier molecular flexibility index (Phi) is 5.02. The van der Waals surface area contributed by atoms with Gasteiger partial charge < -0.3 is 13.6 Å². The van der Waals surface area contributed by atoms with Crippen molar-refractivity contribution in [2.75, 3.05) is 0 Å². The van der Waals surface area contributed by atoms with Gasteiger partial charge in [0.2, 0.25) is 0 Å². The van der Waals surface area contributed by atoms with E-state index in [1.807, 2.05) is 0 Å². The Bertz CT molecular complexity index is 2220. The van der Waals surface area contributed by atoms with Crippen molar-refractivity contribution in [2.45, 2.75) is 20.3 Å². The third-order valence-electron chi connectivity index (χ3n) is 8.24. The lowest BCUT2D eigenvalue weighted by Gasteiger charge is -2.09. The van der Waals surface area contributed by atoms with Gasteiger partial charge in [-0.1, -0.05) is 67.6 Å². The lowest BCUT2D eigenvalue weighted by atomic mass is 10.1. The third-order valence-corrected chi connectivity index (χ3v) is 8.24. The van der Waals surface area contributed by atoms with Crippen molar-refractivity contribution in [3.8, 4) is 11.4 Å². The van der Waals surface area contributed by atoms with E-state index < -0.39 is 0 Å². The Morgan fingerprint density at radius 3 is 1.62 bits per heavy atom. The van der Waals surface area contributed by atoms with Crippen molar-refractivity contribution < 1.29 is 4.42 Å². The summed E-state index contributed by atoms with van der Waals surface area (Å²) in [4.78, 5) is 0. The van der Waals surface area contributed by atoms with Crippen LogP contribution in [0.3, 0.4) is 0 Å². The number of rotatable bonds is 4. The maximum Gasteiger partial charge on any atom is 0.137 e. The number of hydrogen-bond donors (Lipinski definition) is 0. The number of nitrogens with zero attached hydrogens (tertiary/aromatic N) is 2. The number of allylic oxidation sites excluding steroid dienone is 1. The van der Waals surface area contributed by atoms with Crippen molar-refractivity contribution in [2.24, 2.45) is 0 Å². The first-order valence-corrected chi connectivity index (χ1v) is 14.0. The quantitative estimate of drug-likeness (QED) is 0.228. The molecule has 3 heterocycles. The van der Waals surface area contributed by atoms with Crippen LogP contribution in [0.2, 0.25) is 0 Å². The first-order chi connectivity index (χ1) is 19.8. The molecular formula is C37H28N2O. The summed E-state index contributed by atoms with van der Waals surface area (Å²) in [5.74, 6) is 0. The van der Waals surface area contributed by atoms with Gasteiger partial charge in [-0.05, 0) is 67.4 Å². The maximum absolute atomic E-state index is 6.58. The van der Waals surface area contributed by atoms with E-state index in [0.717, 1.165) is 39.7 Å². The summed E-state index contributed by atoms with van der Waals surface area (Å²) in [7, 11) is 0. The predicted molar refractivity (Wildman–Crippen MR) is 169 cm³/mol. The van der Waals surface area contributed by atoms with Crippen LogP contribution >= 0.6 is 0 Å². The van der Waals surface area contributed by atoms with E-state index in [1.165, 1.54) is 44.0 Å². The highest BCUT2D eigenvalue weighted by Gasteiger charge is 2.18. The molecule has 3 aromatic heterocycles. The summed E-state index contributed by atoms with van der Waals surface area (Å²) in [6.45, 7) is 4.31. The molecule has 0 aliphatic rings. The average molecular weight is 517 g/mol. The summed E-state index contributed by atoms with van der Waals surface area (Å²) in [6, 6.07) is 39.1. The fourth-order valence-electron chi connectivity index (χ4n) is 6.54. The molecule has 0 saturated heterocycles. The van der Waals surface area contributed by atoms with Crippen molar-refractivity contribution >= 4 is 60.7 Å². The van der Waals surface area contributed by atoms with E-state index in [2.05, 4.69) is 144 Å². The molecule has 5 aromatic carbocycles. The number of aryl methyl sites for hydroxylation is 1. The molecule has 3 heteroatoms. The van der Waals surface area contributed by atoms with E-state index in [1.54, 1.807) is 0 Å². The predicted octanol–water partition coefficient (Wildman–Crippen LogP) is 10.2. The minimum Gasteiger partial charge on any atom is -0.456 e. The zero-order valence-corrected chi connectivity index (χ0v) is 22.6. The highest BCUT2D eigenvalue weighted by Crippen LogP contribution is 2.37. The lowest BCUT2D eigenvalue weighted by Crippen LogP contribution is -1.97. The van der Waals surface area contributed by atoms with Crippen LogP contribution in [-0.4, -0.2) is 9.13 Å². The summed E-state index contributed by atoms with van der Waals surface area (Å²) in [5, 5.41) is 6.09. The lowest BCUT2D eigenvalue weighted by molar-refractivity contribution is 0.668. The highest BCUT2D eigenvalue weighted by molar-refractivity contribution is 6.10. The highest BCUT2D eigenvalue weighted by atomic mass is 16.3. The second-order valence-corrected chi connectivity index (χ2v) is 10.4. The summed E-state index contributed by atoms with van der Waals surface area (Å²) in [6.07, 6.45) is 5.32. The Hall–Kier alpha value is -5.02. The molecule has 0 radical (unpaired) electrons. The minimum absolute atomic E-state index is 0.895. The summed E-state index contributed by atoms with van der Waals surface area (Å²) in [5.41, 5.74) is 10.2.